The van der Waals surface area contributed by atoms with Crippen LogP contribution in [0.1, 0.15) is 18.4 Å². The lowest BCUT2D eigenvalue weighted by atomic mass is 9.96. The summed E-state index contributed by atoms with van der Waals surface area (Å²) in [6, 6.07) is 13.2. The lowest BCUT2D eigenvalue weighted by Crippen LogP contribution is -2.51. The van der Waals surface area contributed by atoms with E-state index in [9.17, 15) is 13.2 Å². The zero-order chi connectivity index (χ0) is 23.3. The number of halogens is 1. The fourth-order valence-electron chi connectivity index (χ4n) is 4.36. The van der Waals surface area contributed by atoms with Crippen LogP contribution in [0.3, 0.4) is 0 Å². The van der Waals surface area contributed by atoms with Crippen molar-refractivity contribution in [2.75, 3.05) is 45.8 Å². The molecule has 7 nitrogen and oxygen atoms in total. The van der Waals surface area contributed by atoms with E-state index in [0.717, 1.165) is 19.6 Å². The first-order valence-electron chi connectivity index (χ1n) is 11.3. The van der Waals surface area contributed by atoms with Crippen LogP contribution in [-0.4, -0.2) is 79.2 Å². The summed E-state index contributed by atoms with van der Waals surface area (Å²) in [5.74, 6) is 0.0104. The van der Waals surface area contributed by atoms with Crippen molar-refractivity contribution in [3.63, 3.8) is 0 Å². The summed E-state index contributed by atoms with van der Waals surface area (Å²) in [7, 11) is -3.70. The van der Waals surface area contributed by atoms with Crippen LogP contribution in [-0.2, 0) is 14.8 Å². The van der Waals surface area contributed by atoms with Crippen LogP contribution < -0.4 is 0 Å². The molecule has 2 aliphatic rings. The van der Waals surface area contributed by atoms with Gasteiger partial charge in [0.15, 0.2) is 0 Å². The Morgan fingerprint density at radius 1 is 1.00 bits per heavy atom. The quantitative estimate of drug-likeness (QED) is 0.584. The molecule has 0 unspecified atom stereocenters. The van der Waals surface area contributed by atoms with Crippen molar-refractivity contribution >= 4 is 33.6 Å². The normalized spacial score (nSPS) is 19.2. The molecule has 0 bridgehead atoms. The van der Waals surface area contributed by atoms with Gasteiger partial charge in [-0.3, -0.25) is 9.69 Å². The highest BCUT2D eigenvalue weighted by Gasteiger charge is 2.35. The van der Waals surface area contributed by atoms with Crippen molar-refractivity contribution in [2.45, 2.75) is 17.7 Å². The molecule has 1 aromatic carbocycles. The fraction of sp³-hybridized carbons (Fsp3) is 0.417. The summed E-state index contributed by atoms with van der Waals surface area (Å²) >= 11 is 6.00. The Morgan fingerprint density at radius 2 is 1.70 bits per heavy atom. The minimum Gasteiger partial charge on any atom is -0.340 e. The number of nitrogens with zero attached hydrogens (tertiary/aromatic N) is 4. The second-order valence-corrected chi connectivity index (χ2v) is 10.7. The molecular weight excluding hydrogens is 460 g/mol. The minimum absolute atomic E-state index is 0.0211. The van der Waals surface area contributed by atoms with E-state index in [1.54, 1.807) is 6.07 Å². The van der Waals surface area contributed by atoms with Gasteiger partial charge in [0.2, 0.25) is 15.9 Å². The number of piperazine rings is 1. The number of carbonyl (C=O) groups is 1. The number of carbonyl (C=O) groups excluding carboxylic acids is 1. The topological polar surface area (TPSA) is 73.8 Å². The maximum Gasteiger partial charge on any atom is 0.246 e. The zero-order valence-corrected chi connectivity index (χ0v) is 20.1. The Kier molecular flexibility index (Phi) is 7.80. The Morgan fingerprint density at radius 3 is 2.36 bits per heavy atom. The fourth-order valence-corrected chi connectivity index (χ4v) is 6.25. The Bertz CT molecular complexity index is 1080. The van der Waals surface area contributed by atoms with E-state index in [4.69, 9.17) is 11.6 Å². The van der Waals surface area contributed by atoms with Crippen LogP contribution in [0.5, 0.6) is 0 Å². The molecule has 2 aliphatic heterocycles. The lowest BCUT2D eigenvalue weighted by Gasteiger charge is -2.38. The lowest BCUT2D eigenvalue weighted by molar-refractivity contribution is -0.138. The van der Waals surface area contributed by atoms with Gasteiger partial charge < -0.3 is 4.90 Å². The van der Waals surface area contributed by atoms with Crippen LogP contribution in [0.25, 0.3) is 6.08 Å². The summed E-state index contributed by atoms with van der Waals surface area (Å²) < 4.78 is 27.2. The number of amides is 1. The van der Waals surface area contributed by atoms with Crippen molar-refractivity contribution in [1.82, 2.24) is 19.1 Å². The molecule has 3 heterocycles. The van der Waals surface area contributed by atoms with Gasteiger partial charge >= 0.3 is 0 Å². The van der Waals surface area contributed by atoms with E-state index in [-0.39, 0.29) is 21.9 Å². The second-order valence-electron chi connectivity index (χ2n) is 8.41. The second kappa shape index (κ2) is 10.8. The van der Waals surface area contributed by atoms with Gasteiger partial charge in [0, 0.05) is 57.9 Å². The largest absolute Gasteiger partial charge is 0.340 e. The average molecular weight is 489 g/mol. The first-order chi connectivity index (χ1) is 15.9. The van der Waals surface area contributed by atoms with Gasteiger partial charge in [-0.1, -0.05) is 54.1 Å². The van der Waals surface area contributed by atoms with E-state index in [1.807, 2.05) is 23.1 Å². The molecule has 0 spiro atoms. The third kappa shape index (κ3) is 5.81. The molecule has 176 valence electrons. The summed E-state index contributed by atoms with van der Waals surface area (Å²) in [4.78, 5) is 21.2. The molecule has 0 radical (unpaired) electrons. The third-order valence-electron chi connectivity index (χ3n) is 6.30. The summed E-state index contributed by atoms with van der Waals surface area (Å²) in [5.41, 5.74) is 1.19. The zero-order valence-electron chi connectivity index (χ0n) is 18.5. The number of aromatic nitrogens is 1. The Labute approximate surface area is 200 Å². The predicted octanol–water partition coefficient (Wildman–Crippen LogP) is 2.99. The number of sulfonamides is 1. The molecule has 33 heavy (non-hydrogen) atoms. The van der Waals surface area contributed by atoms with E-state index in [1.165, 1.54) is 22.1 Å². The highest BCUT2D eigenvalue weighted by Crippen LogP contribution is 2.28. The van der Waals surface area contributed by atoms with Crippen molar-refractivity contribution < 1.29 is 13.2 Å². The molecule has 0 aliphatic carbocycles. The number of piperidine rings is 1. The predicted molar refractivity (Wildman–Crippen MR) is 129 cm³/mol. The molecule has 0 saturated carbocycles. The molecule has 2 fully saturated rings. The van der Waals surface area contributed by atoms with Gasteiger partial charge in [0.1, 0.15) is 10.0 Å². The molecule has 0 atom stereocenters. The van der Waals surface area contributed by atoms with Crippen LogP contribution in [0.4, 0.5) is 0 Å². The number of hydrogen-bond acceptors (Lipinski definition) is 5. The SMILES string of the molecule is O=C(C1CCN(S(=O)(=O)c2cccnc2Cl)CC1)N1CCN(C/C=C/c2ccccc2)CC1. The van der Waals surface area contributed by atoms with Gasteiger partial charge in [-0.2, -0.15) is 4.31 Å². The maximum absolute atomic E-state index is 13.0. The number of rotatable bonds is 6. The van der Waals surface area contributed by atoms with E-state index < -0.39 is 10.0 Å². The van der Waals surface area contributed by atoms with Crippen LogP contribution in [0.2, 0.25) is 5.15 Å². The smallest absolute Gasteiger partial charge is 0.246 e. The van der Waals surface area contributed by atoms with E-state index >= 15 is 0 Å². The standard InChI is InChI=1S/C24H29ClN4O3S/c25-23-22(9-4-12-26-23)33(31,32)29-14-10-21(11-15-29)24(30)28-18-16-27(17-19-28)13-5-8-20-6-2-1-3-7-20/h1-9,12,21H,10-11,13-19H2/b8-5+. The molecule has 0 N–H and O–H groups in total. The summed E-state index contributed by atoms with van der Waals surface area (Å²) in [6.45, 7) is 4.60. The summed E-state index contributed by atoms with van der Waals surface area (Å²) in [6.07, 6.45) is 6.80. The number of benzene rings is 1. The summed E-state index contributed by atoms with van der Waals surface area (Å²) in [5, 5.41) is -0.0211. The van der Waals surface area contributed by atoms with Crippen molar-refractivity contribution in [1.29, 1.82) is 0 Å². The van der Waals surface area contributed by atoms with Gasteiger partial charge in [-0.15, -0.1) is 0 Å². The Hall–Kier alpha value is -2.26. The highest BCUT2D eigenvalue weighted by atomic mass is 35.5. The maximum atomic E-state index is 13.0. The van der Waals surface area contributed by atoms with Crippen molar-refractivity contribution in [3.05, 3.63) is 65.5 Å². The van der Waals surface area contributed by atoms with Crippen LogP contribution in [0, 0.1) is 5.92 Å². The van der Waals surface area contributed by atoms with Gasteiger partial charge in [0.05, 0.1) is 0 Å². The van der Waals surface area contributed by atoms with Gasteiger partial charge in [-0.25, -0.2) is 13.4 Å². The van der Waals surface area contributed by atoms with E-state index in [2.05, 4.69) is 34.2 Å². The number of hydrogen-bond donors (Lipinski definition) is 0. The molecule has 2 saturated heterocycles. The molecule has 1 amide bonds. The van der Waals surface area contributed by atoms with Gasteiger partial charge in [0.25, 0.3) is 0 Å². The third-order valence-corrected chi connectivity index (χ3v) is 8.65. The molecule has 2 aromatic rings. The first-order valence-corrected chi connectivity index (χ1v) is 13.1. The van der Waals surface area contributed by atoms with Gasteiger partial charge in [-0.05, 0) is 30.5 Å². The van der Waals surface area contributed by atoms with Crippen molar-refractivity contribution in [2.24, 2.45) is 5.92 Å². The molecule has 4 rings (SSSR count). The monoisotopic (exact) mass is 488 g/mol. The van der Waals surface area contributed by atoms with Crippen LogP contribution >= 0.6 is 11.6 Å². The van der Waals surface area contributed by atoms with E-state index in [0.29, 0.717) is 39.0 Å². The van der Waals surface area contributed by atoms with Crippen LogP contribution in [0.15, 0.2) is 59.6 Å². The average Bonchev–Trinajstić information content (AvgIpc) is 2.85. The number of pyridine rings is 1. The first kappa shape index (κ1) is 23.9. The highest BCUT2D eigenvalue weighted by molar-refractivity contribution is 7.89. The molecular formula is C24H29ClN4O3S. The minimum atomic E-state index is -3.70. The van der Waals surface area contributed by atoms with Crippen molar-refractivity contribution in [3.8, 4) is 0 Å². The Balaban J connectivity index is 1.24. The molecule has 1 aromatic heterocycles. The molecule has 9 heteroatoms.